The number of hydrogen-bond donors (Lipinski definition) is 2. The van der Waals surface area contributed by atoms with E-state index in [1.807, 2.05) is 30.3 Å². The molecule has 1 atom stereocenters. The molecule has 0 aliphatic carbocycles. The van der Waals surface area contributed by atoms with E-state index >= 15 is 0 Å². The van der Waals surface area contributed by atoms with Crippen molar-refractivity contribution in [2.24, 2.45) is 0 Å². The largest absolute Gasteiger partial charge is 0.496 e. The Kier molecular flexibility index (Phi) is 11.3. The molecule has 0 saturated carbocycles. The molecule has 4 rings (SSSR count). The minimum Gasteiger partial charge on any atom is -0.496 e. The van der Waals surface area contributed by atoms with E-state index in [4.69, 9.17) is 9.72 Å². The number of imidazole rings is 1. The molecule has 4 aromatic rings. The third kappa shape index (κ3) is 8.31. The van der Waals surface area contributed by atoms with Gasteiger partial charge in [0.2, 0.25) is 10.0 Å². The van der Waals surface area contributed by atoms with Gasteiger partial charge in [0.15, 0.2) is 0 Å². The minimum atomic E-state index is -3.30. The van der Waals surface area contributed by atoms with Crippen LogP contribution in [0.15, 0.2) is 78.9 Å². The summed E-state index contributed by atoms with van der Waals surface area (Å²) in [5.74, 6) is 1.67. The summed E-state index contributed by atoms with van der Waals surface area (Å²) in [6.45, 7) is 6.18. The van der Waals surface area contributed by atoms with Gasteiger partial charge in [-0.1, -0.05) is 106 Å². The first-order valence-corrected chi connectivity index (χ1v) is 16.8. The molecule has 0 fully saturated rings. The average Bonchev–Trinajstić information content (AvgIpc) is 3.39. The zero-order chi connectivity index (χ0) is 30.0. The lowest BCUT2D eigenvalue weighted by atomic mass is 10.00. The summed E-state index contributed by atoms with van der Waals surface area (Å²) in [6.07, 6.45) is 6.49. The Morgan fingerprint density at radius 2 is 1.55 bits per heavy atom. The van der Waals surface area contributed by atoms with Crippen molar-refractivity contribution in [3.63, 3.8) is 0 Å². The SMILES string of the molecule is CCCCC(NCc1ccc(CNS(C)(=O)=O)c(OC)c1)c1c(-c2ccccc2)nc(-c2ccccc2)n1CCCC. The maximum Gasteiger partial charge on any atom is 0.209 e. The maximum atomic E-state index is 11.6. The van der Waals surface area contributed by atoms with Gasteiger partial charge < -0.3 is 14.6 Å². The van der Waals surface area contributed by atoms with E-state index in [-0.39, 0.29) is 12.6 Å². The summed E-state index contributed by atoms with van der Waals surface area (Å²) in [5, 5.41) is 3.88. The van der Waals surface area contributed by atoms with Crippen LogP contribution < -0.4 is 14.8 Å². The zero-order valence-electron chi connectivity index (χ0n) is 25.3. The molecular formula is C34H44N4O3S. The Labute approximate surface area is 251 Å². The average molecular weight is 589 g/mol. The van der Waals surface area contributed by atoms with E-state index in [9.17, 15) is 8.42 Å². The first-order valence-electron chi connectivity index (χ1n) is 14.9. The van der Waals surface area contributed by atoms with Crippen LogP contribution in [0.4, 0.5) is 0 Å². The number of rotatable bonds is 16. The van der Waals surface area contributed by atoms with Gasteiger partial charge in [-0.2, -0.15) is 0 Å². The van der Waals surface area contributed by atoms with Crippen LogP contribution in [0, 0.1) is 0 Å². The predicted octanol–water partition coefficient (Wildman–Crippen LogP) is 7.10. The van der Waals surface area contributed by atoms with E-state index in [2.05, 4.69) is 77.0 Å². The summed E-state index contributed by atoms with van der Waals surface area (Å²) in [5.41, 5.74) is 6.36. The van der Waals surface area contributed by atoms with Gasteiger partial charge in [0.05, 0.1) is 24.8 Å². The van der Waals surface area contributed by atoms with Crippen molar-refractivity contribution in [1.82, 2.24) is 19.6 Å². The Bertz CT molecular complexity index is 1520. The Balaban J connectivity index is 1.74. The number of nitrogens with zero attached hydrogens (tertiary/aromatic N) is 2. The van der Waals surface area contributed by atoms with Gasteiger partial charge in [-0.15, -0.1) is 0 Å². The number of benzene rings is 3. The summed E-state index contributed by atoms with van der Waals surface area (Å²) in [4.78, 5) is 5.31. The molecule has 42 heavy (non-hydrogen) atoms. The van der Waals surface area contributed by atoms with Crippen molar-refractivity contribution in [2.75, 3.05) is 13.4 Å². The Hall–Kier alpha value is -3.46. The van der Waals surface area contributed by atoms with E-state index in [0.717, 1.165) is 78.7 Å². The monoisotopic (exact) mass is 588 g/mol. The summed E-state index contributed by atoms with van der Waals surface area (Å²) < 4.78 is 33.8. The molecule has 1 aromatic heterocycles. The molecule has 1 heterocycles. The third-order valence-corrected chi connectivity index (χ3v) is 8.10. The number of hydrogen-bond acceptors (Lipinski definition) is 5. The fraction of sp³-hybridized carbons (Fsp3) is 0.382. The van der Waals surface area contributed by atoms with Crippen LogP contribution in [0.25, 0.3) is 22.6 Å². The second-order valence-electron chi connectivity index (χ2n) is 10.7. The minimum absolute atomic E-state index is 0.0829. The molecule has 1 unspecified atom stereocenters. The van der Waals surface area contributed by atoms with Gasteiger partial charge in [-0.05, 0) is 24.5 Å². The highest BCUT2D eigenvalue weighted by molar-refractivity contribution is 7.88. The van der Waals surface area contributed by atoms with Crippen molar-refractivity contribution >= 4 is 10.0 Å². The van der Waals surface area contributed by atoms with Crippen molar-refractivity contribution in [2.45, 2.75) is 71.6 Å². The lowest BCUT2D eigenvalue weighted by Crippen LogP contribution is -2.25. The molecular weight excluding hydrogens is 544 g/mol. The highest BCUT2D eigenvalue weighted by atomic mass is 32.2. The van der Waals surface area contributed by atoms with Crippen LogP contribution in [0.2, 0.25) is 0 Å². The van der Waals surface area contributed by atoms with Crippen molar-refractivity contribution in [1.29, 1.82) is 0 Å². The van der Waals surface area contributed by atoms with Gasteiger partial charge in [-0.25, -0.2) is 18.1 Å². The van der Waals surface area contributed by atoms with Gasteiger partial charge >= 0.3 is 0 Å². The fourth-order valence-corrected chi connectivity index (χ4v) is 5.63. The van der Waals surface area contributed by atoms with E-state index in [1.54, 1.807) is 7.11 Å². The van der Waals surface area contributed by atoms with Gasteiger partial charge in [0, 0.05) is 42.4 Å². The molecule has 0 aliphatic rings. The second-order valence-corrected chi connectivity index (χ2v) is 12.6. The molecule has 0 saturated heterocycles. The highest BCUT2D eigenvalue weighted by Gasteiger charge is 2.26. The standard InChI is InChI=1S/C34H44N4O3S/c1-5-7-19-30(35-24-26-20-21-29(31(23-26)41-3)25-36-42(4,39)40)33-32(27-15-11-9-12-16-27)37-34(38(33)22-8-6-2)28-17-13-10-14-18-28/h9-18,20-21,23,30,35-36H,5-8,19,22,24-25H2,1-4H3. The number of unbranched alkanes of at least 4 members (excludes halogenated alkanes) is 2. The quantitative estimate of drug-likeness (QED) is 0.146. The Morgan fingerprint density at radius 3 is 2.17 bits per heavy atom. The predicted molar refractivity (Wildman–Crippen MR) is 172 cm³/mol. The van der Waals surface area contributed by atoms with E-state index < -0.39 is 10.0 Å². The fourth-order valence-electron chi connectivity index (χ4n) is 5.22. The lowest BCUT2D eigenvalue weighted by Gasteiger charge is -2.23. The second kappa shape index (κ2) is 15.1. The maximum absolute atomic E-state index is 11.6. The van der Waals surface area contributed by atoms with Gasteiger partial charge in [-0.3, -0.25) is 0 Å². The summed E-state index contributed by atoms with van der Waals surface area (Å²) in [6, 6.07) is 27.0. The van der Waals surface area contributed by atoms with Crippen LogP contribution in [0.3, 0.4) is 0 Å². The lowest BCUT2D eigenvalue weighted by molar-refractivity contribution is 0.407. The molecule has 8 heteroatoms. The Morgan fingerprint density at radius 1 is 0.881 bits per heavy atom. The third-order valence-electron chi connectivity index (χ3n) is 7.43. The molecule has 0 bridgehead atoms. The van der Waals surface area contributed by atoms with Gasteiger partial charge in [0.1, 0.15) is 11.6 Å². The number of methoxy groups -OCH3 is 1. The van der Waals surface area contributed by atoms with E-state index in [1.165, 1.54) is 5.69 Å². The van der Waals surface area contributed by atoms with Crippen LogP contribution >= 0.6 is 0 Å². The molecule has 224 valence electrons. The van der Waals surface area contributed by atoms with Crippen LogP contribution in [-0.4, -0.2) is 31.3 Å². The normalized spacial score (nSPS) is 12.4. The highest BCUT2D eigenvalue weighted by Crippen LogP contribution is 2.36. The molecule has 0 amide bonds. The van der Waals surface area contributed by atoms with Crippen molar-refractivity contribution < 1.29 is 13.2 Å². The van der Waals surface area contributed by atoms with Crippen molar-refractivity contribution in [3.05, 3.63) is 95.7 Å². The molecule has 3 aromatic carbocycles. The first kappa shape index (κ1) is 31.5. The molecule has 0 spiro atoms. The summed E-state index contributed by atoms with van der Waals surface area (Å²) >= 11 is 0. The van der Waals surface area contributed by atoms with Gasteiger partial charge in [0.25, 0.3) is 0 Å². The number of aromatic nitrogens is 2. The smallest absolute Gasteiger partial charge is 0.209 e. The van der Waals surface area contributed by atoms with Crippen LogP contribution in [-0.2, 0) is 29.7 Å². The molecule has 0 radical (unpaired) electrons. The topological polar surface area (TPSA) is 85.2 Å². The molecule has 7 nitrogen and oxygen atoms in total. The number of sulfonamides is 1. The molecule has 2 N–H and O–H groups in total. The van der Waals surface area contributed by atoms with Crippen LogP contribution in [0.5, 0.6) is 5.75 Å². The van der Waals surface area contributed by atoms with Crippen molar-refractivity contribution in [3.8, 4) is 28.4 Å². The zero-order valence-corrected chi connectivity index (χ0v) is 26.1. The number of ether oxygens (including phenoxy) is 1. The summed E-state index contributed by atoms with van der Waals surface area (Å²) in [7, 11) is -1.69. The first-order chi connectivity index (χ1) is 20.3. The molecule has 0 aliphatic heterocycles. The van der Waals surface area contributed by atoms with E-state index in [0.29, 0.717) is 12.3 Å². The number of nitrogens with one attached hydrogen (secondary N) is 2. The van der Waals surface area contributed by atoms with Crippen LogP contribution in [0.1, 0.15) is 68.8 Å².